The number of hydrogen-bond donors (Lipinski definition) is 6. The summed E-state index contributed by atoms with van der Waals surface area (Å²) in [6.07, 6.45) is 0.508. The predicted molar refractivity (Wildman–Crippen MR) is 137 cm³/mol. The van der Waals surface area contributed by atoms with Gasteiger partial charge in [0.2, 0.25) is 5.91 Å². The number of carbonyl (C=O) groups is 2. The molecule has 0 radical (unpaired) electrons. The van der Waals surface area contributed by atoms with E-state index in [1.54, 1.807) is 19.1 Å². The zero-order valence-corrected chi connectivity index (χ0v) is 20.4. The van der Waals surface area contributed by atoms with Crippen LogP contribution < -0.4 is 22.1 Å². The Hall–Kier alpha value is -3.27. The second-order valence-corrected chi connectivity index (χ2v) is 8.72. The molecule has 0 heterocycles. The summed E-state index contributed by atoms with van der Waals surface area (Å²) >= 11 is 0. The van der Waals surface area contributed by atoms with Crippen LogP contribution in [0.1, 0.15) is 37.8 Å². The van der Waals surface area contributed by atoms with E-state index in [0.29, 0.717) is 31.6 Å². The highest BCUT2D eigenvalue weighted by Gasteiger charge is 2.27. The average Bonchev–Trinajstić information content (AvgIpc) is 2.82. The van der Waals surface area contributed by atoms with Gasteiger partial charge in [-0.15, -0.1) is 0 Å². The Labute approximate surface area is 206 Å². The van der Waals surface area contributed by atoms with Crippen LogP contribution in [-0.2, 0) is 22.4 Å². The van der Waals surface area contributed by atoms with Gasteiger partial charge in [0.25, 0.3) is 0 Å². The van der Waals surface area contributed by atoms with Gasteiger partial charge in [0.05, 0.1) is 24.0 Å². The maximum absolute atomic E-state index is 12.9. The number of amidine groups is 1. The van der Waals surface area contributed by atoms with Gasteiger partial charge in [-0.05, 0) is 62.8 Å². The first-order valence-corrected chi connectivity index (χ1v) is 11.7. The smallest absolute Gasteiger partial charge is 0.237 e. The molecule has 8 N–H and O–H groups in total. The van der Waals surface area contributed by atoms with Gasteiger partial charge in [0.15, 0.2) is 0 Å². The molecule has 0 aliphatic rings. The molecular weight excluding hydrogens is 446 g/mol. The lowest BCUT2D eigenvalue weighted by Gasteiger charge is -2.29. The normalized spacial score (nSPS) is 15.1. The molecule has 2 rings (SSSR count). The molecule has 0 aliphatic carbocycles. The number of rotatable bonds is 14. The topological polar surface area (TPSA) is 163 Å². The Morgan fingerprint density at radius 3 is 2.23 bits per heavy atom. The molecule has 4 atom stereocenters. The van der Waals surface area contributed by atoms with Crippen molar-refractivity contribution >= 4 is 17.5 Å². The number of aliphatic imine (C=N–C) groups is 1. The summed E-state index contributed by atoms with van der Waals surface area (Å²) in [6, 6.07) is 13.7. The van der Waals surface area contributed by atoms with Crippen LogP contribution in [0.4, 0.5) is 0 Å². The molecule has 0 aliphatic heterocycles. The highest BCUT2D eigenvalue weighted by molar-refractivity contribution is 5.82. The number of nitrogens with two attached hydrogens (primary N) is 2. The van der Waals surface area contributed by atoms with E-state index < -0.39 is 30.3 Å². The van der Waals surface area contributed by atoms with E-state index in [0.717, 1.165) is 11.1 Å². The maximum atomic E-state index is 12.9. The van der Waals surface area contributed by atoms with Crippen LogP contribution >= 0.6 is 0 Å². The van der Waals surface area contributed by atoms with Crippen molar-refractivity contribution in [1.82, 2.24) is 10.6 Å². The number of benzene rings is 2. The molecule has 0 bridgehead atoms. The zero-order chi connectivity index (χ0) is 25.8. The molecule has 9 heteroatoms. The van der Waals surface area contributed by atoms with Crippen LogP contribution in [0.15, 0.2) is 59.6 Å². The number of Topliss-reactive ketones (excluding diaryl/α,β-unsaturated/α-hetero) is 1. The highest BCUT2D eigenvalue weighted by Crippen LogP contribution is 2.12. The van der Waals surface area contributed by atoms with Gasteiger partial charge >= 0.3 is 0 Å². The number of phenolic OH excluding ortho intramolecular Hbond substituents is 1. The van der Waals surface area contributed by atoms with Crippen molar-refractivity contribution < 1.29 is 19.8 Å². The van der Waals surface area contributed by atoms with Crippen molar-refractivity contribution in [2.75, 3.05) is 6.54 Å². The van der Waals surface area contributed by atoms with E-state index in [9.17, 15) is 19.8 Å². The Morgan fingerprint density at radius 1 is 1.00 bits per heavy atom. The van der Waals surface area contributed by atoms with Gasteiger partial charge in [-0.25, -0.2) is 0 Å². The third-order valence-electron chi connectivity index (χ3n) is 5.61. The Morgan fingerprint density at radius 2 is 1.63 bits per heavy atom. The molecule has 0 spiro atoms. The monoisotopic (exact) mass is 483 g/mol. The number of aliphatic hydroxyl groups is 1. The minimum atomic E-state index is -1.19. The van der Waals surface area contributed by atoms with Crippen LogP contribution in [0.25, 0.3) is 0 Å². The van der Waals surface area contributed by atoms with E-state index in [2.05, 4.69) is 15.6 Å². The largest absolute Gasteiger partial charge is 0.508 e. The first-order chi connectivity index (χ1) is 16.7. The van der Waals surface area contributed by atoms with Crippen molar-refractivity contribution in [1.29, 1.82) is 0 Å². The molecule has 0 saturated heterocycles. The summed E-state index contributed by atoms with van der Waals surface area (Å²) < 4.78 is 0. The van der Waals surface area contributed by atoms with Gasteiger partial charge < -0.3 is 27.0 Å². The fourth-order valence-electron chi connectivity index (χ4n) is 3.66. The van der Waals surface area contributed by atoms with Crippen LogP contribution in [0.3, 0.4) is 0 Å². The van der Waals surface area contributed by atoms with Gasteiger partial charge in [-0.1, -0.05) is 42.5 Å². The van der Waals surface area contributed by atoms with Gasteiger partial charge in [0.1, 0.15) is 17.8 Å². The molecule has 0 aromatic heterocycles. The number of amides is 1. The first kappa shape index (κ1) is 28.0. The van der Waals surface area contributed by atoms with E-state index in [1.165, 1.54) is 19.1 Å². The molecule has 190 valence electrons. The third kappa shape index (κ3) is 10.3. The summed E-state index contributed by atoms with van der Waals surface area (Å²) in [4.78, 5) is 29.2. The number of ketones is 1. The third-order valence-corrected chi connectivity index (χ3v) is 5.61. The van der Waals surface area contributed by atoms with Crippen molar-refractivity contribution in [3.63, 3.8) is 0 Å². The SMILES string of the molecule is CC(=O)C(CCCN=C(C)N)NC(O)C(Cc1ccccc1)NC(=O)C(N)Cc1ccc(O)cc1. The molecule has 2 aromatic carbocycles. The van der Waals surface area contributed by atoms with E-state index in [-0.39, 0.29) is 18.0 Å². The van der Waals surface area contributed by atoms with E-state index >= 15 is 0 Å². The minimum Gasteiger partial charge on any atom is -0.508 e. The molecule has 4 unspecified atom stereocenters. The average molecular weight is 484 g/mol. The molecule has 2 aromatic rings. The molecule has 0 fully saturated rings. The second kappa shape index (κ2) is 14.2. The van der Waals surface area contributed by atoms with Gasteiger partial charge in [-0.2, -0.15) is 0 Å². The number of hydrogen-bond acceptors (Lipinski definition) is 7. The van der Waals surface area contributed by atoms with Gasteiger partial charge in [0, 0.05) is 6.54 Å². The van der Waals surface area contributed by atoms with Crippen molar-refractivity contribution in [2.45, 2.75) is 63.9 Å². The lowest BCUT2D eigenvalue weighted by Crippen LogP contribution is -2.57. The van der Waals surface area contributed by atoms with Crippen LogP contribution in [0.2, 0.25) is 0 Å². The quantitative estimate of drug-likeness (QED) is 0.101. The number of aliphatic hydroxyl groups excluding tert-OH is 1. The maximum Gasteiger partial charge on any atom is 0.237 e. The summed E-state index contributed by atoms with van der Waals surface area (Å²) in [5.41, 5.74) is 13.4. The molecular formula is C26H37N5O4. The molecule has 1 amide bonds. The highest BCUT2D eigenvalue weighted by atomic mass is 16.3. The molecule has 0 saturated carbocycles. The summed E-state index contributed by atoms with van der Waals surface area (Å²) in [7, 11) is 0. The number of phenols is 1. The second-order valence-electron chi connectivity index (χ2n) is 8.72. The summed E-state index contributed by atoms with van der Waals surface area (Å²) in [5.74, 6) is 0.0684. The van der Waals surface area contributed by atoms with E-state index in [4.69, 9.17) is 11.5 Å². The van der Waals surface area contributed by atoms with Gasteiger partial charge in [-0.3, -0.25) is 19.9 Å². The lowest BCUT2D eigenvalue weighted by atomic mass is 10.0. The first-order valence-electron chi connectivity index (χ1n) is 11.7. The number of nitrogens with zero attached hydrogens (tertiary/aromatic N) is 1. The van der Waals surface area contributed by atoms with Crippen molar-refractivity contribution in [3.8, 4) is 5.75 Å². The van der Waals surface area contributed by atoms with Crippen molar-refractivity contribution in [2.24, 2.45) is 16.5 Å². The van der Waals surface area contributed by atoms with Crippen molar-refractivity contribution in [3.05, 3.63) is 65.7 Å². The Kier molecular flexibility index (Phi) is 11.4. The van der Waals surface area contributed by atoms with E-state index in [1.807, 2.05) is 30.3 Å². The molecule has 9 nitrogen and oxygen atoms in total. The zero-order valence-electron chi connectivity index (χ0n) is 20.4. The fraction of sp³-hybridized carbons (Fsp3) is 0.423. The van der Waals surface area contributed by atoms with Crippen LogP contribution in [0.5, 0.6) is 5.75 Å². The minimum absolute atomic E-state index is 0.119. The van der Waals surface area contributed by atoms with Crippen LogP contribution in [-0.4, -0.2) is 58.6 Å². The van der Waals surface area contributed by atoms with Crippen LogP contribution in [0, 0.1) is 0 Å². The predicted octanol–water partition coefficient (Wildman–Crippen LogP) is 1.01. The fourth-order valence-corrected chi connectivity index (χ4v) is 3.66. The number of carbonyl (C=O) groups excluding carboxylic acids is 2. The summed E-state index contributed by atoms with van der Waals surface area (Å²) in [5, 5.41) is 26.2. The standard InChI is InChI=1S/C26H37N5O4/c1-17(32)23(9-6-14-29-18(2)27)30-26(35)24(16-19-7-4-3-5-8-19)31-25(34)22(28)15-20-10-12-21(33)13-11-20/h3-5,7-8,10-13,22-24,26,30,33,35H,6,9,14-16,28H2,1-2H3,(H2,27,29)(H,31,34). The molecule has 35 heavy (non-hydrogen) atoms. The lowest BCUT2D eigenvalue weighted by molar-refractivity contribution is -0.124. The summed E-state index contributed by atoms with van der Waals surface area (Å²) in [6.45, 7) is 3.65. The Bertz CT molecular complexity index is 961. The number of aromatic hydroxyl groups is 1. The Balaban J connectivity index is 2.08. The number of nitrogens with one attached hydrogen (secondary N) is 2.